The summed E-state index contributed by atoms with van der Waals surface area (Å²) in [6.07, 6.45) is 3.13. The Hall–Kier alpha value is -2.11. The average Bonchev–Trinajstić information content (AvgIpc) is 2.69. The zero-order valence-corrected chi connectivity index (χ0v) is 9.90. The zero-order chi connectivity index (χ0) is 12.3. The van der Waals surface area contributed by atoms with Crippen LogP contribution in [0.2, 0.25) is 0 Å². The smallest absolute Gasteiger partial charge is 0.240 e. The lowest BCUT2D eigenvalue weighted by Gasteiger charge is -2.08. The number of H-pyrrole nitrogens is 1. The van der Waals surface area contributed by atoms with E-state index in [4.69, 9.17) is 10.5 Å². The van der Waals surface area contributed by atoms with Crippen molar-refractivity contribution in [3.8, 4) is 11.8 Å². The van der Waals surface area contributed by atoms with Crippen molar-refractivity contribution in [2.24, 2.45) is 0 Å². The van der Waals surface area contributed by atoms with Gasteiger partial charge in [0, 0.05) is 11.8 Å². The molecule has 0 fully saturated rings. The Morgan fingerprint density at radius 1 is 1.41 bits per heavy atom. The van der Waals surface area contributed by atoms with Gasteiger partial charge in [-0.15, -0.1) is 5.10 Å². The van der Waals surface area contributed by atoms with Gasteiger partial charge in [-0.05, 0) is 13.3 Å². The lowest BCUT2D eigenvalue weighted by molar-refractivity contribution is 0.436. The number of aromatic amines is 1. The largest absolute Gasteiger partial charge is 0.419 e. The number of nitrogens with one attached hydrogen (secondary N) is 1. The van der Waals surface area contributed by atoms with Crippen LogP contribution < -0.4 is 10.5 Å². The molecule has 6 nitrogen and oxygen atoms in total. The third-order valence-electron chi connectivity index (χ3n) is 2.32. The summed E-state index contributed by atoms with van der Waals surface area (Å²) in [5.74, 6) is 1.42. The van der Waals surface area contributed by atoms with Crippen LogP contribution in [0.3, 0.4) is 0 Å². The Kier molecular flexibility index (Phi) is 3.22. The number of hydrogen-bond acceptors (Lipinski definition) is 5. The first kappa shape index (κ1) is 11.4. The highest BCUT2D eigenvalue weighted by atomic mass is 16.5. The van der Waals surface area contributed by atoms with Crippen LogP contribution in [0.25, 0.3) is 0 Å². The van der Waals surface area contributed by atoms with E-state index in [0.29, 0.717) is 17.6 Å². The van der Waals surface area contributed by atoms with Crippen LogP contribution in [-0.4, -0.2) is 20.2 Å². The van der Waals surface area contributed by atoms with Gasteiger partial charge in [-0.2, -0.15) is 0 Å². The standard InChI is InChI=1S/C11H15N5O/c1-3-4-8-10(12)13-6-14-11(8)17-9-5-7(2)15-16-9/h5-6H,3-4H2,1-2H3,(H,15,16)(H2,12,13,14). The summed E-state index contributed by atoms with van der Waals surface area (Å²) < 4.78 is 5.59. The molecule has 0 aliphatic rings. The number of hydrogen-bond donors (Lipinski definition) is 2. The highest BCUT2D eigenvalue weighted by molar-refractivity contribution is 5.45. The van der Waals surface area contributed by atoms with Crippen LogP contribution in [0.1, 0.15) is 24.6 Å². The summed E-state index contributed by atoms with van der Waals surface area (Å²) >= 11 is 0. The van der Waals surface area contributed by atoms with Gasteiger partial charge < -0.3 is 10.5 Å². The molecular weight excluding hydrogens is 218 g/mol. The summed E-state index contributed by atoms with van der Waals surface area (Å²) in [6, 6.07) is 1.80. The third kappa shape index (κ3) is 2.52. The molecule has 0 unspecified atom stereocenters. The lowest BCUT2D eigenvalue weighted by atomic mass is 10.2. The second-order valence-corrected chi connectivity index (χ2v) is 3.78. The molecule has 0 spiro atoms. The minimum Gasteiger partial charge on any atom is -0.419 e. The van der Waals surface area contributed by atoms with Crippen molar-refractivity contribution in [3.05, 3.63) is 23.7 Å². The topological polar surface area (TPSA) is 89.7 Å². The molecule has 0 bridgehead atoms. The monoisotopic (exact) mass is 233 g/mol. The van der Waals surface area contributed by atoms with E-state index >= 15 is 0 Å². The van der Waals surface area contributed by atoms with Crippen LogP contribution >= 0.6 is 0 Å². The van der Waals surface area contributed by atoms with Gasteiger partial charge in [-0.25, -0.2) is 9.97 Å². The number of aromatic nitrogens is 4. The van der Waals surface area contributed by atoms with Gasteiger partial charge in [-0.1, -0.05) is 13.3 Å². The molecule has 0 saturated carbocycles. The number of anilines is 1. The molecule has 17 heavy (non-hydrogen) atoms. The Morgan fingerprint density at radius 3 is 2.88 bits per heavy atom. The second-order valence-electron chi connectivity index (χ2n) is 3.78. The van der Waals surface area contributed by atoms with Gasteiger partial charge >= 0.3 is 0 Å². The normalized spacial score (nSPS) is 10.5. The maximum absolute atomic E-state index is 5.81. The maximum atomic E-state index is 5.81. The van der Waals surface area contributed by atoms with Crippen molar-refractivity contribution in [1.82, 2.24) is 20.2 Å². The van der Waals surface area contributed by atoms with Crippen LogP contribution in [0.4, 0.5) is 5.82 Å². The number of ether oxygens (including phenoxy) is 1. The quantitative estimate of drug-likeness (QED) is 0.840. The molecule has 0 amide bonds. The van der Waals surface area contributed by atoms with Crippen LogP contribution in [0.5, 0.6) is 11.8 Å². The van der Waals surface area contributed by atoms with E-state index in [0.717, 1.165) is 24.1 Å². The number of nitrogens with two attached hydrogens (primary N) is 1. The van der Waals surface area contributed by atoms with Gasteiger partial charge in [0.25, 0.3) is 0 Å². The molecule has 0 aliphatic heterocycles. The molecule has 2 heterocycles. The summed E-state index contributed by atoms with van der Waals surface area (Å²) in [6.45, 7) is 3.97. The minimum atomic E-state index is 0.462. The van der Waals surface area contributed by atoms with Crippen molar-refractivity contribution in [2.75, 3.05) is 5.73 Å². The first-order valence-electron chi connectivity index (χ1n) is 5.50. The molecule has 0 radical (unpaired) electrons. The minimum absolute atomic E-state index is 0.462. The SMILES string of the molecule is CCCc1c(N)ncnc1Oc1cc(C)[nH]n1. The lowest BCUT2D eigenvalue weighted by Crippen LogP contribution is -2.02. The number of nitrogen functional groups attached to an aromatic ring is 1. The van der Waals surface area contributed by atoms with E-state index in [1.807, 2.05) is 6.92 Å². The Bertz CT molecular complexity index is 508. The fourth-order valence-corrected chi connectivity index (χ4v) is 1.53. The molecule has 6 heteroatoms. The van der Waals surface area contributed by atoms with E-state index in [1.165, 1.54) is 6.33 Å². The summed E-state index contributed by atoms with van der Waals surface area (Å²) in [5.41, 5.74) is 7.57. The molecule has 0 aromatic carbocycles. The van der Waals surface area contributed by atoms with Crippen LogP contribution in [-0.2, 0) is 6.42 Å². The third-order valence-corrected chi connectivity index (χ3v) is 2.32. The molecule has 90 valence electrons. The maximum Gasteiger partial charge on any atom is 0.240 e. The van der Waals surface area contributed by atoms with E-state index in [9.17, 15) is 0 Å². The van der Waals surface area contributed by atoms with Gasteiger partial charge in [0.2, 0.25) is 11.8 Å². The molecule has 2 rings (SSSR count). The van der Waals surface area contributed by atoms with Gasteiger partial charge in [0.15, 0.2) is 0 Å². The molecule has 2 aromatic heterocycles. The van der Waals surface area contributed by atoms with Crippen molar-refractivity contribution < 1.29 is 4.74 Å². The van der Waals surface area contributed by atoms with Gasteiger partial charge in [0.1, 0.15) is 12.1 Å². The first-order chi connectivity index (χ1) is 8.20. The van der Waals surface area contributed by atoms with Crippen LogP contribution in [0, 0.1) is 6.92 Å². The summed E-state index contributed by atoms with van der Waals surface area (Å²) in [7, 11) is 0. The van der Waals surface area contributed by atoms with E-state index in [1.54, 1.807) is 6.07 Å². The Balaban J connectivity index is 2.28. The van der Waals surface area contributed by atoms with Crippen molar-refractivity contribution in [3.63, 3.8) is 0 Å². The highest BCUT2D eigenvalue weighted by Gasteiger charge is 2.11. The predicted molar refractivity (Wildman–Crippen MR) is 63.8 cm³/mol. The molecule has 0 aliphatic carbocycles. The molecule has 2 aromatic rings. The molecule has 0 saturated heterocycles. The summed E-state index contributed by atoms with van der Waals surface area (Å²) in [5, 5.41) is 6.80. The second kappa shape index (κ2) is 4.82. The Labute approximate surface area is 99.2 Å². The Morgan fingerprint density at radius 2 is 2.24 bits per heavy atom. The highest BCUT2D eigenvalue weighted by Crippen LogP contribution is 2.25. The predicted octanol–water partition coefficient (Wildman–Crippen LogP) is 1.84. The van der Waals surface area contributed by atoms with E-state index < -0.39 is 0 Å². The molecular formula is C11H15N5O. The van der Waals surface area contributed by atoms with Crippen LogP contribution in [0.15, 0.2) is 12.4 Å². The van der Waals surface area contributed by atoms with Gasteiger partial charge in [0.05, 0.1) is 5.56 Å². The molecule has 0 atom stereocenters. The van der Waals surface area contributed by atoms with E-state index in [-0.39, 0.29) is 0 Å². The number of nitrogens with zero attached hydrogens (tertiary/aromatic N) is 3. The number of rotatable bonds is 4. The van der Waals surface area contributed by atoms with Gasteiger partial charge in [-0.3, -0.25) is 5.10 Å². The molecule has 3 N–H and O–H groups in total. The fourth-order valence-electron chi connectivity index (χ4n) is 1.53. The zero-order valence-electron chi connectivity index (χ0n) is 9.90. The van der Waals surface area contributed by atoms with E-state index in [2.05, 4.69) is 27.1 Å². The average molecular weight is 233 g/mol. The number of aryl methyl sites for hydroxylation is 1. The van der Waals surface area contributed by atoms with Crippen molar-refractivity contribution in [2.45, 2.75) is 26.7 Å². The van der Waals surface area contributed by atoms with Crippen molar-refractivity contribution >= 4 is 5.82 Å². The summed E-state index contributed by atoms with van der Waals surface area (Å²) in [4.78, 5) is 8.06. The first-order valence-corrected chi connectivity index (χ1v) is 5.50. The van der Waals surface area contributed by atoms with Crippen molar-refractivity contribution in [1.29, 1.82) is 0 Å². The fraction of sp³-hybridized carbons (Fsp3) is 0.364.